The Kier molecular flexibility index (Phi) is 3.99. The quantitative estimate of drug-likeness (QED) is 0.910. The van der Waals surface area contributed by atoms with Gasteiger partial charge in [-0.15, -0.1) is 0 Å². The molecule has 2 aromatic carbocycles. The van der Waals surface area contributed by atoms with Crippen LogP contribution in [-0.2, 0) is 0 Å². The molecule has 0 aliphatic rings. The molecule has 2 N–H and O–H groups in total. The summed E-state index contributed by atoms with van der Waals surface area (Å²) in [4.78, 5) is 0. The summed E-state index contributed by atoms with van der Waals surface area (Å²) < 4.78 is 6.50. The molecule has 0 saturated heterocycles. The van der Waals surface area contributed by atoms with Crippen molar-refractivity contribution in [3.05, 3.63) is 40.9 Å². The number of aliphatic hydroxyl groups excluding tert-OH is 2. The first kappa shape index (κ1) is 12.4. The Labute approximate surface area is 108 Å². The number of fused-ring (bicyclic) bond motifs is 1. The Morgan fingerprint density at radius 3 is 2.59 bits per heavy atom. The number of benzene rings is 2. The SMILES string of the molecule is OCC(O)COc1cccc2c(Br)cccc12. The lowest BCUT2D eigenvalue weighted by Crippen LogP contribution is -2.21. The molecule has 0 saturated carbocycles. The Bertz CT molecular complexity index is 513. The zero-order valence-corrected chi connectivity index (χ0v) is 10.7. The average Bonchev–Trinajstić information content (AvgIpc) is 2.36. The molecule has 0 bridgehead atoms. The first-order chi connectivity index (χ1) is 8.22. The number of hydrogen-bond acceptors (Lipinski definition) is 3. The average molecular weight is 297 g/mol. The van der Waals surface area contributed by atoms with Crippen LogP contribution in [0, 0.1) is 0 Å². The number of ether oxygens (including phenoxy) is 1. The summed E-state index contributed by atoms with van der Waals surface area (Å²) in [7, 11) is 0. The number of halogens is 1. The van der Waals surface area contributed by atoms with Gasteiger partial charge < -0.3 is 14.9 Å². The van der Waals surface area contributed by atoms with Crippen molar-refractivity contribution in [1.29, 1.82) is 0 Å². The second-order valence-electron chi connectivity index (χ2n) is 3.74. The Balaban J connectivity index is 2.31. The van der Waals surface area contributed by atoms with Gasteiger partial charge in [0.25, 0.3) is 0 Å². The van der Waals surface area contributed by atoms with E-state index in [1.54, 1.807) is 0 Å². The normalized spacial score (nSPS) is 12.6. The molecule has 0 fully saturated rings. The summed E-state index contributed by atoms with van der Waals surface area (Å²) in [6, 6.07) is 11.6. The summed E-state index contributed by atoms with van der Waals surface area (Å²) >= 11 is 3.48. The zero-order chi connectivity index (χ0) is 12.3. The third kappa shape index (κ3) is 2.77. The van der Waals surface area contributed by atoms with E-state index in [4.69, 9.17) is 9.84 Å². The fourth-order valence-corrected chi connectivity index (χ4v) is 2.11. The van der Waals surface area contributed by atoms with E-state index >= 15 is 0 Å². The van der Waals surface area contributed by atoms with Gasteiger partial charge in [-0.2, -0.15) is 0 Å². The largest absolute Gasteiger partial charge is 0.490 e. The monoisotopic (exact) mass is 296 g/mol. The lowest BCUT2D eigenvalue weighted by atomic mass is 10.1. The molecule has 2 rings (SSSR count). The van der Waals surface area contributed by atoms with Crippen LogP contribution in [0.15, 0.2) is 40.9 Å². The second kappa shape index (κ2) is 5.49. The first-order valence-electron chi connectivity index (χ1n) is 5.31. The van der Waals surface area contributed by atoms with Crippen molar-refractivity contribution in [2.45, 2.75) is 6.10 Å². The topological polar surface area (TPSA) is 49.7 Å². The van der Waals surface area contributed by atoms with Crippen molar-refractivity contribution in [1.82, 2.24) is 0 Å². The van der Waals surface area contributed by atoms with Crippen molar-refractivity contribution in [2.24, 2.45) is 0 Å². The zero-order valence-electron chi connectivity index (χ0n) is 9.14. The van der Waals surface area contributed by atoms with Crippen LogP contribution in [0.25, 0.3) is 10.8 Å². The third-order valence-corrected chi connectivity index (χ3v) is 3.16. The highest BCUT2D eigenvalue weighted by Gasteiger charge is 2.07. The van der Waals surface area contributed by atoms with E-state index in [0.29, 0.717) is 5.75 Å². The van der Waals surface area contributed by atoms with E-state index in [2.05, 4.69) is 15.9 Å². The minimum absolute atomic E-state index is 0.0854. The van der Waals surface area contributed by atoms with E-state index in [1.165, 1.54) is 0 Å². The molecule has 2 aromatic rings. The molecule has 0 amide bonds. The molecule has 0 radical (unpaired) electrons. The van der Waals surface area contributed by atoms with Crippen LogP contribution in [0.4, 0.5) is 0 Å². The molecule has 4 heteroatoms. The van der Waals surface area contributed by atoms with Gasteiger partial charge in [0, 0.05) is 9.86 Å². The van der Waals surface area contributed by atoms with E-state index in [-0.39, 0.29) is 13.2 Å². The van der Waals surface area contributed by atoms with Gasteiger partial charge in [-0.25, -0.2) is 0 Å². The fourth-order valence-electron chi connectivity index (χ4n) is 1.61. The van der Waals surface area contributed by atoms with E-state index in [9.17, 15) is 5.11 Å². The lowest BCUT2D eigenvalue weighted by Gasteiger charge is -2.12. The lowest BCUT2D eigenvalue weighted by molar-refractivity contribution is 0.0541. The maximum Gasteiger partial charge on any atom is 0.127 e. The second-order valence-corrected chi connectivity index (χ2v) is 4.59. The molecule has 0 heterocycles. The van der Waals surface area contributed by atoms with Crippen LogP contribution < -0.4 is 4.74 Å². The van der Waals surface area contributed by atoms with Crippen LogP contribution in [0.2, 0.25) is 0 Å². The van der Waals surface area contributed by atoms with Crippen molar-refractivity contribution < 1.29 is 14.9 Å². The Morgan fingerprint density at radius 1 is 1.12 bits per heavy atom. The molecule has 0 aliphatic carbocycles. The van der Waals surface area contributed by atoms with Crippen LogP contribution in [0.5, 0.6) is 5.75 Å². The van der Waals surface area contributed by atoms with E-state index < -0.39 is 6.10 Å². The van der Waals surface area contributed by atoms with Crippen molar-refractivity contribution in [3.8, 4) is 5.75 Å². The van der Waals surface area contributed by atoms with Gasteiger partial charge in [0.2, 0.25) is 0 Å². The van der Waals surface area contributed by atoms with Crippen molar-refractivity contribution >= 4 is 26.7 Å². The first-order valence-corrected chi connectivity index (χ1v) is 6.10. The molecule has 3 nitrogen and oxygen atoms in total. The molecule has 1 atom stereocenters. The minimum atomic E-state index is -0.850. The number of hydrogen-bond donors (Lipinski definition) is 2. The number of aliphatic hydroxyl groups is 2. The molecule has 0 aliphatic heterocycles. The van der Waals surface area contributed by atoms with E-state index in [1.807, 2.05) is 36.4 Å². The summed E-state index contributed by atoms with van der Waals surface area (Å²) in [5.41, 5.74) is 0. The summed E-state index contributed by atoms with van der Waals surface area (Å²) in [6.07, 6.45) is -0.850. The molecular weight excluding hydrogens is 284 g/mol. The van der Waals surface area contributed by atoms with Gasteiger partial charge in [-0.1, -0.05) is 40.2 Å². The Morgan fingerprint density at radius 2 is 1.82 bits per heavy atom. The predicted octanol–water partition coefficient (Wildman–Crippen LogP) is 2.33. The summed E-state index contributed by atoms with van der Waals surface area (Å²) in [6.45, 7) is -0.212. The van der Waals surface area contributed by atoms with Crippen LogP contribution in [0.3, 0.4) is 0 Å². The highest BCUT2D eigenvalue weighted by molar-refractivity contribution is 9.10. The maximum atomic E-state index is 9.26. The van der Waals surface area contributed by atoms with Gasteiger partial charge >= 0.3 is 0 Å². The molecule has 0 spiro atoms. The van der Waals surface area contributed by atoms with Crippen molar-refractivity contribution in [3.63, 3.8) is 0 Å². The Hall–Kier alpha value is -1.10. The van der Waals surface area contributed by atoms with Gasteiger partial charge in [0.15, 0.2) is 0 Å². The standard InChI is InChI=1S/C13H13BrO3/c14-12-5-1-4-11-10(12)3-2-6-13(11)17-8-9(16)7-15/h1-6,9,15-16H,7-8H2. The third-order valence-electron chi connectivity index (χ3n) is 2.47. The molecule has 1 unspecified atom stereocenters. The van der Waals surface area contributed by atoms with Crippen LogP contribution in [-0.4, -0.2) is 29.5 Å². The van der Waals surface area contributed by atoms with E-state index in [0.717, 1.165) is 15.2 Å². The van der Waals surface area contributed by atoms with Gasteiger partial charge in [0.1, 0.15) is 18.5 Å². The predicted molar refractivity (Wildman–Crippen MR) is 70.2 cm³/mol. The van der Waals surface area contributed by atoms with Crippen LogP contribution in [0.1, 0.15) is 0 Å². The smallest absolute Gasteiger partial charge is 0.127 e. The number of rotatable bonds is 4. The van der Waals surface area contributed by atoms with Gasteiger partial charge in [-0.3, -0.25) is 0 Å². The van der Waals surface area contributed by atoms with Crippen LogP contribution >= 0.6 is 15.9 Å². The highest BCUT2D eigenvalue weighted by Crippen LogP contribution is 2.30. The molecule has 0 aromatic heterocycles. The van der Waals surface area contributed by atoms with Crippen molar-refractivity contribution in [2.75, 3.05) is 13.2 Å². The minimum Gasteiger partial charge on any atom is -0.490 e. The summed E-state index contributed by atoms with van der Waals surface area (Å²) in [5, 5.41) is 20.0. The van der Waals surface area contributed by atoms with Gasteiger partial charge in [-0.05, 0) is 17.5 Å². The maximum absolute atomic E-state index is 9.26. The summed E-state index contributed by atoms with van der Waals surface area (Å²) in [5.74, 6) is 0.705. The molecule has 17 heavy (non-hydrogen) atoms. The fraction of sp³-hybridized carbons (Fsp3) is 0.231. The van der Waals surface area contributed by atoms with Gasteiger partial charge in [0.05, 0.1) is 6.61 Å². The molecular formula is C13H13BrO3. The molecule has 90 valence electrons. The highest BCUT2D eigenvalue weighted by atomic mass is 79.9.